The largest absolute Gasteiger partial charge is 0.345 e. The molecule has 0 unspecified atom stereocenters. The van der Waals surface area contributed by atoms with Crippen molar-refractivity contribution in [2.24, 2.45) is 5.92 Å². The predicted molar refractivity (Wildman–Crippen MR) is 120 cm³/mol. The molecule has 7 heteroatoms. The van der Waals surface area contributed by atoms with Gasteiger partial charge < -0.3 is 5.32 Å². The van der Waals surface area contributed by atoms with Gasteiger partial charge in [0.2, 0.25) is 10.0 Å². The zero-order valence-corrected chi connectivity index (χ0v) is 19.3. The number of hydrogen-bond acceptors (Lipinski definition) is 3. The number of aryl methyl sites for hydroxylation is 1. The Balaban J connectivity index is 1.79. The lowest BCUT2D eigenvalue weighted by atomic mass is 10.0. The van der Waals surface area contributed by atoms with Crippen molar-refractivity contribution >= 4 is 27.5 Å². The minimum atomic E-state index is -3.65. The smallest absolute Gasteiger partial charge is 0.253 e. The molecule has 162 valence electrons. The van der Waals surface area contributed by atoms with E-state index >= 15 is 0 Å². The molecule has 3 rings (SSSR count). The number of hydrogen-bond donors (Lipinski definition) is 1. The second-order valence-corrected chi connectivity index (χ2v) is 10.4. The van der Waals surface area contributed by atoms with Gasteiger partial charge in [0.1, 0.15) is 0 Å². The van der Waals surface area contributed by atoms with Crippen molar-refractivity contribution in [1.82, 2.24) is 9.62 Å². The van der Waals surface area contributed by atoms with Gasteiger partial charge in [0.15, 0.2) is 0 Å². The van der Waals surface area contributed by atoms with E-state index in [-0.39, 0.29) is 21.5 Å². The van der Waals surface area contributed by atoms with Crippen molar-refractivity contribution < 1.29 is 13.2 Å². The first-order chi connectivity index (χ1) is 14.2. The molecule has 5 nitrogen and oxygen atoms in total. The number of nitrogens with one attached hydrogen (secondary N) is 1. The van der Waals surface area contributed by atoms with Crippen LogP contribution in [-0.2, 0) is 16.4 Å². The highest BCUT2D eigenvalue weighted by Crippen LogP contribution is 2.27. The highest BCUT2D eigenvalue weighted by atomic mass is 35.5. The monoisotopic (exact) mass is 448 g/mol. The lowest BCUT2D eigenvalue weighted by Crippen LogP contribution is -2.38. The van der Waals surface area contributed by atoms with Gasteiger partial charge in [-0.05, 0) is 61.4 Å². The SMILES string of the molecule is CCc1ccc([C@@H](C)NC(=O)c2cc(S(=O)(=O)N3CCC(C)CC3)ccc2Cl)cc1. The molecular formula is C23H29ClN2O3S. The van der Waals surface area contributed by atoms with E-state index in [2.05, 4.69) is 19.2 Å². The van der Waals surface area contributed by atoms with Gasteiger partial charge >= 0.3 is 0 Å². The van der Waals surface area contributed by atoms with E-state index in [0.29, 0.717) is 19.0 Å². The molecule has 2 aromatic rings. The molecule has 1 saturated heterocycles. The molecule has 2 aromatic carbocycles. The third-order valence-corrected chi connectivity index (χ3v) is 8.02. The normalized spacial score (nSPS) is 16.9. The molecule has 0 saturated carbocycles. The first-order valence-electron chi connectivity index (χ1n) is 10.4. The second-order valence-electron chi connectivity index (χ2n) is 8.02. The molecule has 1 atom stereocenters. The number of carbonyl (C=O) groups is 1. The summed E-state index contributed by atoms with van der Waals surface area (Å²) in [6, 6.07) is 12.2. The molecular weight excluding hydrogens is 420 g/mol. The number of sulfonamides is 1. The summed E-state index contributed by atoms with van der Waals surface area (Å²) in [5, 5.41) is 3.15. The summed E-state index contributed by atoms with van der Waals surface area (Å²) in [6.45, 7) is 7.11. The van der Waals surface area contributed by atoms with Gasteiger partial charge in [0.25, 0.3) is 5.91 Å². The van der Waals surface area contributed by atoms with Gasteiger partial charge in [-0.2, -0.15) is 4.31 Å². The Bertz CT molecular complexity index is 998. The van der Waals surface area contributed by atoms with Crippen LogP contribution in [0.1, 0.15) is 61.1 Å². The summed E-state index contributed by atoms with van der Waals surface area (Å²) in [4.78, 5) is 13.0. The van der Waals surface area contributed by atoms with Crippen LogP contribution >= 0.6 is 11.6 Å². The summed E-state index contributed by atoms with van der Waals surface area (Å²) in [5.41, 5.74) is 2.37. The Hall–Kier alpha value is -1.89. The first kappa shape index (κ1) is 22.8. The standard InChI is InChI=1S/C23H29ClN2O3S/c1-4-18-5-7-19(8-6-18)17(3)25-23(27)21-15-20(9-10-22(21)24)30(28,29)26-13-11-16(2)12-14-26/h5-10,15-17H,4,11-14H2,1-3H3,(H,25,27)/t17-/m1/s1. The van der Waals surface area contributed by atoms with E-state index in [0.717, 1.165) is 24.8 Å². The molecule has 1 N–H and O–H groups in total. The molecule has 30 heavy (non-hydrogen) atoms. The number of nitrogens with zero attached hydrogens (tertiary/aromatic N) is 1. The topological polar surface area (TPSA) is 66.5 Å². The van der Waals surface area contributed by atoms with Crippen molar-refractivity contribution in [3.63, 3.8) is 0 Å². The molecule has 0 aliphatic carbocycles. The van der Waals surface area contributed by atoms with Crippen LogP contribution in [0.3, 0.4) is 0 Å². The number of amides is 1. The van der Waals surface area contributed by atoms with Crippen molar-refractivity contribution in [3.8, 4) is 0 Å². The second kappa shape index (κ2) is 9.50. The lowest BCUT2D eigenvalue weighted by Gasteiger charge is -2.29. The molecule has 1 fully saturated rings. The number of rotatable bonds is 6. The van der Waals surface area contributed by atoms with Crippen molar-refractivity contribution in [2.75, 3.05) is 13.1 Å². The Kier molecular flexibility index (Phi) is 7.22. The number of benzene rings is 2. The Morgan fingerprint density at radius 2 is 1.80 bits per heavy atom. The summed E-state index contributed by atoms with van der Waals surface area (Å²) >= 11 is 6.25. The molecule has 1 heterocycles. The summed E-state index contributed by atoms with van der Waals surface area (Å²) < 4.78 is 27.6. The molecule has 0 aromatic heterocycles. The zero-order valence-electron chi connectivity index (χ0n) is 17.7. The van der Waals surface area contributed by atoms with Gasteiger partial charge in [0.05, 0.1) is 21.5 Å². The van der Waals surface area contributed by atoms with Gasteiger partial charge in [-0.25, -0.2) is 8.42 Å². The van der Waals surface area contributed by atoms with Crippen LogP contribution in [0.5, 0.6) is 0 Å². The molecule has 1 aliphatic rings. The van der Waals surface area contributed by atoms with Crippen molar-refractivity contribution in [1.29, 1.82) is 0 Å². The predicted octanol–water partition coefficient (Wildman–Crippen LogP) is 4.81. The van der Waals surface area contributed by atoms with Crippen LogP contribution in [0.25, 0.3) is 0 Å². The Morgan fingerprint density at radius 1 is 1.17 bits per heavy atom. The van der Waals surface area contributed by atoms with Crippen LogP contribution in [-0.4, -0.2) is 31.7 Å². The maximum absolute atomic E-state index is 13.0. The quantitative estimate of drug-likeness (QED) is 0.689. The maximum atomic E-state index is 13.0. The molecule has 1 amide bonds. The fourth-order valence-electron chi connectivity index (χ4n) is 3.61. The summed E-state index contributed by atoms with van der Waals surface area (Å²) in [7, 11) is -3.65. The molecule has 0 spiro atoms. The fourth-order valence-corrected chi connectivity index (χ4v) is 5.31. The number of halogens is 1. The number of piperidine rings is 1. The average Bonchev–Trinajstić information content (AvgIpc) is 2.74. The van der Waals surface area contributed by atoms with E-state index in [1.807, 2.05) is 31.2 Å². The third kappa shape index (κ3) is 5.05. The van der Waals surface area contributed by atoms with E-state index in [4.69, 9.17) is 11.6 Å². The van der Waals surface area contributed by atoms with Crippen LogP contribution < -0.4 is 5.32 Å². The zero-order chi connectivity index (χ0) is 21.9. The van der Waals surface area contributed by atoms with Crippen molar-refractivity contribution in [3.05, 3.63) is 64.2 Å². The van der Waals surface area contributed by atoms with Gasteiger partial charge in [-0.1, -0.05) is 49.7 Å². The first-order valence-corrected chi connectivity index (χ1v) is 12.2. The average molecular weight is 449 g/mol. The maximum Gasteiger partial charge on any atom is 0.253 e. The fraction of sp³-hybridized carbons (Fsp3) is 0.435. The highest BCUT2D eigenvalue weighted by molar-refractivity contribution is 7.89. The van der Waals surface area contributed by atoms with Crippen LogP contribution in [0.4, 0.5) is 0 Å². The van der Waals surface area contributed by atoms with Crippen molar-refractivity contribution in [2.45, 2.75) is 51.0 Å². The highest BCUT2D eigenvalue weighted by Gasteiger charge is 2.29. The van der Waals surface area contributed by atoms with E-state index < -0.39 is 15.9 Å². The lowest BCUT2D eigenvalue weighted by molar-refractivity contribution is 0.0940. The summed E-state index contributed by atoms with van der Waals surface area (Å²) in [5.74, 6) is 0.132. The van der Waals surface area contributed by atoms with Crippen LogP contribution in [0, 0.1) is 5.92 Å². The molecule has 1 aliphatic heterocycles. The van der Waals surface area contributed by atoms with E-state index in [9.17, 15) is 13.2 Å². The third-order valence-electron chi connectivity index (χ3n) is 5.80. The molecule has 0 radical (unpaired) electrons. The Morgan fingerprint density at radius 3 is 2.40 bits per heavy atom. The Labute approximate surface area is 184 Å². The van der Waals surface area contributed by atoms with Gasteiger partial charge in [-0.15, -0.1) is 0 Å². The van der Waals surface area contributed by atoms with Crippen LogP contribution in [0.2, 0.25) is 5.02 Å². The number of carbonyl (C=O) groups excluding carboxylic acids is 1. The van der Waals surface area contributed by atoms with Gasteiger partial charge in [-0.3, -0.25) is 4.79 Å². The van der Waals surface area contributed by atoms with Crippen LogP contribution in [0.15, 0.2) is 47.4 Å². The molecule has 0 bridgehead atoms. The minimum absolute atomic E-state index is 0.103. The summed E-state index contributed by atoms with van der Waals surface area (Å²) in [6.07, 6.45) is 2.64. The van der Waals surface area contributed by atoms with E-state index in [1.54, 1.807) is 0 Å². The van der Waals surface area contributed by atoms with Gasteiger partial charge in [0, 0.05) is 13.1 Å². The minimum Gasteiger partial charge on any atom is -0.345 e. The van der Waals surface area contributed by atoms with E-state index in [1.165, 1.54) is 28.1 Å².